The van der Waals surface area contributed by atoms with E-state index in [2.05, 4.69) is 17.6 Å². The van der Waals surface area contributed by atoms with Gasteiger partial charge in [0.15, 0.2) is 0 Å². The molecule has 0 fully saturated rings. The zero-order valence-electron chi connectivity index (χ0n) is 18.8. The van der Waals surface area contributed by atoms with Crippen LogP contribution in [0.1, 0.15) is 36.2 Å². The summed E-state index contributed by atoms with van der Waals surface area (Å²) < 4.78 is 5.59. The van der Waals surface area contributed by atoms with Crippen LogP contribution in [0.5, 0.6) is 5.75 Å². The molecule has 2 N–H and O–H groups in total. The Kier molecular flexibility index (Phi) is 7.19. The minimum Gasteiger partial charge on any atom is -0.494 e. The van der Waals surface area contributed by atoms with Crippen LogP contribution in [0.2, 0.25) is 0 Å². The van der Waals surface area contributed by atoms with Crippen LogP contribution >= 0.6 is 11.8 Å². The highest BCUT2D eigenvalue weighted by atomic mass is 32.2. The standard InChI is InChI=1S/C26H27N3O3S/c1-3-15-32-20-12-9-18(10-13-20)17-27-26(31)28-19-11-14-24-22(16-19)29(4-2)25(30)21-7-5-6-8-23(21)33-24/h5-14,16H,3-4,15,17H2,1-2H3,(H2,27,28,31). The minimum atomic E-state index is -0.305. The van der Waals surface area contributed by atoms with E-state index in [1.54, 1.807) is 16.7 Å². The number of hydrogen-bond donors (Lipinski definition) is 2. The molecule has 3 amide bonds. The van der Waals surface area contributed by atoms with Crippen molar-refractivity contribution in [2.45, 2.75) is 36.6 Å². The Morgan fingerprint density at radius 1 is 1.00 bits per heavy atom. The van der Waals surface area contributed by atoms with Gasteiger partial charge in [-0.2, -0.15) is 0 Å². The van der Waals surface area contributed by atoms with Crippen LogP contribution in [0.4, 0.5) is 16.2 Å². The summed E-state index contributed by atoms with van der Waals surface area (Å²) in [6, 6.07) is 20.7. The number of fused-ring (bicyclic) bond motifs is 2. The summed E-state index contributed by atoms with van der Waals surface area (Å²) in [7, 11) is 0. The zero-order valence-corrected chi connectivity index (χ0v) is 19.6. The third kappa shape index (κ3) is 5.31. The fourth-order valence-electron chi connectivity index (χ4n) is 3.59. The smallest absolute Gasteiger partial charge is 0.319 e. The Hall–Kier alpha value is -3.45. The zero-order chi connectivity index (χ0) is 23.2. The lowest BCUT2D eigenvalue weighted by molar-refractivity contribution is 0.0985. The number of carbonyl (C=O) groups excluding carboxylic acids is 2. The molecule has 33 heavy (non-hydrogen) atoms. The summed E-state index contributed by atoms with van der Waals surface area (Å²) in [5, 5.41) is 5.75. The van der Waals surface area contributed by atoms with E-state index in [4.69, 9.17) is 4.74 Å². The molecule has 1 heterocycles. The first-order valence-electron chi connectivity index (χ1n) is 11.1. The van der Waals surface area contributed by atoms with E-state index >= 15 is 0 Å². The van der Waals surface area contributed by atoms with Crippen LogP contribution in [-0.2, 0) is 6.54 Å². The van der Waals surface area contributed by atoms with Gasteiger partial charge < -0.3 is 20.3 Å². The van der Waals surface area contributed by atoms with Crippen LogP contribution in [0.15, 0.2) is 76.5 Å². The van der Waals surface area contributed by atoms with Gasteiger partial charge in [0.1, 0.15) is 5.75 Å². The summed E-state index contributed by atoms with van der Waals surface area (Å²) in [6.07, 6.45) is 0.960. The number of carbonyl (C=O) groups is 2. The lowest BCUT2D eigenvalue weighted by Gasteiger charge is -2.22. The number of rotatable bonds is 7. The number of hydrogen-bond acceptors (Lipinski definition) is 4. The summed E-state index contributed by atoms with van der Waals surface area (Å²) in [6.45, 7) is 5.64. The monoisotopic (exact) mass is 461 g/mol. The second kappa shape index (κ2) is 10.4. The fraction of sp³-hybridized carbons (Fsp3) is 0.231. The molecule has 0 spiro atoms. The van der Waals surface area contributed by atoms with Gasteiger partial charge in [-0.25, -0.2) is 4.79 Å². The fourth-order valence-corrected chi connectivity index (χ4v) is 4.65. The molecular weight excluding hydrogens is 434 g/mol. The van der Waals surface area contributed by atoms with Crippen molar-refractivity contribution in [2.24, 2.45) is 0 Å². The predicted octanol–water partition coefficient (Wildman–Crippen LogP) is 5.93. The minimum absolute atomic E-state index is 0.0349. The van der Waals surface area contributed by atoms with Gasteiger partial charge in [0.05, 0.1) is 17.9 Å². The number of ether oxygens (including phenoxy) is 1. The second-order valence-corrected chi connectivity index (χ2v) is 8.71. The first-order valence-corrected chi connectivity index (χ1v) is 11.9. The quantitative estimate of drug-likeness (QED) is 0.458. The van der Waals surface area contributed by atoms with Gasteiger partial charge in [-0.1, -0.05) is 43.0 Å². The molecule has 4 rings (SSSR count). The first kappa shape index (κ1) is 22.7. The summed E-state index contributed by atoms with van der Waals surface area (Å²) in [5.41, 5.74) is 3.10. The maximum Gasteiger partial charge on any atom is 0.319 e. The number of benzene rings is 3. The third-order valence-electron chi connectivity index (χ3n) is 5.26. The van der Waals surface area contributed by atoms with Crippen molar-refractivity contribution in [1.82, 2.24) is 5.32 Å². The van der Waals surface area contributed by atoms with Gasteiger partial charge in [0, 0.05) is 28.6 Å². The van der Waals surface area contributed by atoms with E-state index in [1.807, 2.05) is 73.7 Å². The Balaban J connectivity index is 1.43. The van der Waals surface area contributed by atoms with Crippen molar-refractivity contribution < 1.29 is 14.3 Å². The predicted molar refractivity (Wildman–Crippen MR) is 132 cm³/mol. The molecule has 1 aliphatic rings. The molecule has 0 unspecified atom stereocenters. The first-order chi connectivity index (χ1) is 16.1. The van der Waals surface area contributed by atoms with Crippen molar-refractivity contribution in [3.63, 3.8) is 0 Å². The number of anilines is 2. The molecule has 0 saturated heterocycles. The third-order valence-corrected chi connectivity index (χ3v) is 6.40. The van der Waals surface area contributed by atoms with Gasteiger partial charge in [0.2, 0.25) is 0 Å². The van der Waals surface area contributed by atoms with Gasteiger partial charge in [-0.15, -0.1) is 0 Å². The normalized spacial score (nSPS) is 12.4. The Labute approximate surface area is 198 Å². The topological polar surface area (TPSA) is 70.7 Å². The highest BCUT2D eigenvalue weighted by Crippen LogP contribution is 2.42. The summed E-state index contributed by atoms with van der Waals surface area (Å²) in [4.78, 5) is 29.3. The largest absolute Gasteiger partial charge is 0.494 e. The molecule has 7 heteroatoms. The summed E-state index contributed by atoms with van der Waals surface area (Å²) >= 11 is 1.57. The average Bonchev–Trinajstić information content (AvgIpc) is 2.95. The molecule has 0 atom stereocenters. The van der Waals surface area contributed by atoms with Gasteiger partial charge in [0.25, 0.3) is 5.91 Å². The average molecular weight is 462 g/mol. The number of nitrogens with zero attached hydrogens (tertiary/aromatic N) is 1. The van der Waals surface area contributed by atoms with Gasteiger partial charge in [-0.05, 0) is 61.4 Å². The summed E-state index contributed by atoms with van der Waals surface area (Å²) in [5.74, 6) is 0.789. The molecule has 0 aromatic heterocycles. The van der Waals surface area contributed by atoms with E-state index in [1.165, 1.54) is 0 Å². The van der Waals surface area contributed by atoms with Crippen LogP contribution in [0.25, 0.3) is 0 Å². The lowest BCUT2D eigenvalue weighted by atomic mass is 10.1. The van der Waals surface area contributed by atoms with E-state index in [-0.39, 0.29) is 11.9 Å². The van der Waals surface area contributed by atoms with Gasteiger partial charge >= 0.3 is 6.03 Å². The molecule has 3 aromatic carbocycles. The highest BCUT2D eigenvalue weighted by Gasteiger charge is 2.26. The Morgan fingerprint density at radius 3 is 2.55 bits per heavy atom. The van der Waals surface area contributed by atoms with Crippen LogP contribution < -0.4 is 20.3 Å². The van der Waals surface area contributed by atoms with Crippen LogP contribution in [-0.4, -0.2) is 25.1 Å². The van der Waals surface area contributed by atoms with Crippen molar-refractivity contribution in [2.75, 3.05) is 23.4 Å². The van der Waals surface area contributed by atoms with Crippen molar-refractivity contribution in [1.29, 1.82) is 0 Å². The van der Waals surface area contributed by atoms with Crippen LogP contribution in [0, 0.1) is 0 Å². The number of urea groups is 1. The van der Waals surface area contributed by atoms with Gasteiger partial charge in [-0.3, -0.25) is 4.79 Å². The Morgan fingerprint density at radius 2 is 1.79 bits per heavy atom. The Bertz CT molecular complexity index is 1150. The van der Waals surface area contributed by atoms with E-state index in [0.717, 1.165) is 33.2 Å². The maximum atomic E-state index is 13.1. The van der Waals surface area contributed by atoms with Crippen molar-refractivity contribution in [3.05, 3.63) is 77.9 Å². The van der Waals surface area contributed by atoms with E-state index in [9.17, 15) is 9.59 Å². The molecule has 0 aliphatic carbocycles. The van der Waals surface area contributed by atoms with E-state index in [0.29, 0.717) is 30.9 Å². The SMILES string of the molecule is CCCOc1ccc(CNC(=O)Nc2ccc3c(c2)N(CC)C(=O)c2ccccc2S3)cc1. The molecule has 0 saturated carbocycles. The maximum absolute atomic E-state index is 13.1. The highest BCUT2D eigenvalue weighted by molar-refractivity contribution is 7.99. The van der Waals surface area contributed by atoms with Crippen molar-refractivity contribution in [3.8, 4) is 5.75 Å². The molecule has 1 aliphatic heterocycles. The second-order valence-electron chi connectivity index (χ2n) is 7.63. The molecule has 0 radical (unpaired) electrons. The molecule has 6 nitrogen and oxygen atoms in total. The molecule has 3 aromatic rings. The lowest BCUT2D eigenvalue weighted by Crippen LogP contribution is -2.31. The molecular formula is C26H27N3O3S. The number of nitrogens with one attached hydrogen (secondary N) is 2. The molecule has 0 bridgehead atoms. The molecule has 170 valence electrons. The van der Waals surface area contributed by atoms with E-state index < -0.39 is 0 Å². The number of amides is 3. The van der Waals surface area contributed by atoms with Crippen molar-refractivity contribution >= 4 is 35.1 Å². The van der Waals surface area contributed by atoms with Crippen LogP contribution in [0.3, 0.4) is 0 Å².